The van der Waals surface area contributed by atoms with Gasteiger partial charge in [0.2, 0.25) is 0 Å². The van der Waals surface area contributed by atoms with E-state index in [-0.39, 0.29) is 28.7 Å². The van der Waals surface area contributed by atoms with E-state index in [1.54, 1.807) is 6.07 Å². The minimum Gasteiger partial charge on any atom is -0.377 e. The molecule has 17 heavy (non-hydrogen) atoms. The van der Waals surface area contributed by atoms with Gasteiger partial charge in [0, 0.05) is 13.2 Å². The van der Waals surface area contributed by atoms with Crippen molar-refractivity contribution < 1.29 is 18.7 Å². The number of ether oxygens (including phenoxy) is 1. The van der Waals surface area contributed by atoms with Crippen LogP contribution in [0.1, 0.15) is 0 Å². The number of Topliss-reactive ketones (excluding diaryl/α,β-unsaturated/α-hetero) is 1. The molecule has 1 rings (SSSR count). The lowest BCUT2D eigenvalue weighted by atomic mass is 10.3. The molecule has 1 aromatic rings. The van der Waals surface area contributed by atoms with E-state index in [1.807, 2.05) is 0 Å². The van der Waals surface area contributed by atoms with Gasteiger partial charge in [-0.2, -0.15) is 0 Å². The quantitative estimate of drug-likeness (QED) is 0.558. The lowest BCUT2D eigenvalue weighted by molar-refractivity contribution is -0.387. The van der Waals surface area contributed by atoms with Crippen LogP contribution in [-0.4, -0.2) is 34.4 Å². The summed E-state index contributed by atoms with van der Waals surface area (Å²) in [5, 5.41) is 10.7. The van der Waals surface area contributed by atoms with Crippen molar-refractivity contribution in [1.82, 2.24) is 0 Å². The maximum Gasteiger partial charge on any atom is 0.285 e. The molecule has 0 aromatic heterocycles. The molecule has 7 heteroatoms. The standard InChI is InChI=1S/C10H11NO5S/c1-16-6-8(12)7-17(15)10-5-3-2-4-9(10)11(13)14/h2-5H,6-7H2,1H3. The fraction of sp³-hybridized carbons (Fsp3) is 0.300. The molecule has 1 unspecified atom stereocenters. The Hall–Kier alpha value is -1.60. The van der Waals surface area contributed by atoms with Gasteiger partial charge in [0.1, 0.15) is 11.5 Å². The van der Waals surface area contributed by atoms with Crippen LogP contribution in [0.15, 0.2) is 29.2 Å². The molecule has 1 aromatic carbocycles. The van der Waals surface area contributed by atoms with Crippen molar-refractivity contribution in [3.8, 4) is 0 Å². The molecule has 0 saturated carbocycles. The molecule has 0 bridgehead atoms. The zero-order valence-electron chi connectivity index (χ0n) is 9.12. The molecule has 0 aliphatic carbocycles. The molecular formula is C10H11NO5S. The van der Waals surface area contributed by atoms with Gasteiger partial charge in [-0.1, -0.05) is 12.1 Å². The molecule has 92 valence electrons. The number of carbonyl (C=O) groups is 1. The predicted molar refractivity (Wildman–Crippen MR) is 61.3 cm³/mol. The van der Waals surface area contributed by atoms with E-state index in [2.05, 4.69) is 4.74 Å². The Kier molecular flexibility index (Phi) is 4.92. The molecule has 0 heterocycles. The summed E-state index contributed by atoms with van der Waals surface area (Å²) < 4.78 is 16.4. The molecule has 0 aliphatic rings. The highest BCUT2D eigenvalue weighted by Gasteiger charge is 2.19. The van der Waals surface area contributed by atoms with Gasteiger partial charge in [-0.15, -0.1) is 0 Å². The zero-order chi connectivity index (χ0) is 12.8. The first-order valence-electron chi connectivity index (χ1n) is 4.68. The number of hydrogen-bond acceptors (Lipinski definition) is 5. The third-order valence-corrected chi connectivity index (χ3v) is 3.32. The Bertz CT molecular complexity index is 460. The van der Waals surface area contributed by atoms with Crippen LogP contribution >= 0.6 is 0 Å². The summed E-state index contributed by atoms with van der Waals surface area (Å²) in [6.45, 7) is -0.146. The van der Waals surface area contributed by atoms with Gasteiger partial charge >= 0.3 is 0 Å². The fourth-order valence-electron chi connectivity index (χ4n) is 1.23. The molecule has 6 nitrogen and oxygen atoms in total. The number of nitro groups is 1. The molecule has 1 atom stereocenters. The summed E-state index contributed by atoms with van der Waals surface area (Å²) in [7, 11) is -0.365. The predicted octanol–water partition coefficient (Wildman–Crippen LogP) is 0.918. The van der Waals surface area contributed by atoms with Gasteiger partial charge in [0.05, 0.1) is 21.5 Å². The normalized spacial score (nSPS) is 12.1. The number of carbonyl (C=O) groups excluding carboxylic acids is 1. The van der Waals surface area contributed by atoms with Crippen LogP contribution in [0.25, 0.3) is 0 Å². The summed E-state index contributed by atoms with van der Waals surface area (Å²) in [5.74, 6) is -0.636. The van der Waals surface area contributed by atoms with Crippen LogP contribution in [0.3, 0.4) is 0 Å². The lowest BCUT2D eigenvalue weighted by Crippen LogP contribution is -2.16. The van der Waals surface area contributed by atoms with Gasteiger partial charge in [-0.25, -0.2) is 0 Å². The van der Waals surface area contributed by atoms with Crippen molar-refractivity contribution in [2.75, 3.05) is 19.5 Å². The molecule has 0 spiro atoms. The number of ketones is 1. The summed E-state index contributed by atoms with van der Waals surface area (Å²) in [6, 6.07) is 5.67. The monoisotopic (exact) mass is 257 g/mol. The van der Waals surface area contributed by atoms with Crippen LogP contribution in [-0.2, 0) is 20.3 Å². The minimum atomic E-state index is -1.72. The first-order chi connectivity index (χ1) is 8.06. The smallest absolute Gasteiger partial charge is 0.285 e. The number of methoxy groups -OCH3 is 1. The van der Waals surface area contributed by atoms with Crippen LogP contribution in [0.2, 0.25) is 0 Å². The van der Waals surface area contributed by atoms with Gasteiger partial charge in [0.25, 0.3) is 5.69 Å². The fourth-order valence-corrected chi connectivity index (χ4v) is 2.36. The molecule has 0 saturated heterocycles. The van der Waals surface area contributed by atoms with E-state index < -0.39 is 15.7 Å². The van der Waals surface area contributed by atoms with Crippen LogP contribution in [0.5, 0.6) is 0 Å². The van der Waals surface area contributed by atoms with E-state index in [1.165, 1.54) is 25.3 Å². The Morgan fingerprint density at radius 1 is 1.47 bits per heavy atom. The van der Waals surface area contributed by atoms with E-state index in [9.17, 15) is 19.1 Å². The number of hydrogen-bond donors (Lipinski definition) is 0. The van der Waals surface area contributed by atoms with Gasteiger partial charge in [-0.05, 0) is 6.07 Å². The van der Waals surface area contributed by atoms with Crippen molar-refractivity contribution in [3.63, 3.8) is 0 Å². The van der Waals surface area contributed by atoms with Gasteiger partial charge < -0.3 is 4.74 Å². The van der Waals surface area contributed by atoms with Crippen molar-refractivity contribution in [2.45, 2.75) is 4.90 Å². The number of benzene rings is 1. The summed E-state index contributed by atoms with van der Waals surface area (Å²) in [5.41, 5.74) is -0.240. The average molecular weight is 257 g/mol. The molecule has 0 fully saturated rings. The number of nitrogens with zero attached hydrogens (tertiary/aromatic N) is 1. The second kappa shape index (κ2) is 6.21. The molecule has 0 N–H and O–H groups in total. The second-order valence-corrected chi connectivity index (χ2v) is 4.61. The first kappa shape index (κ1) is 13.5. The van der Waals surface area contributed by atoms with Crippen LogP contribution in [0, 0.1) is 10.1 Å². The summed E-state index contributed by atoms with van der Waals surface area (Å²) in [4.78, 5) is 21.4. The lowest BCUT2D eigenvalue weighted by Gasteiger charge is -2.02. The van der Waals surface area contributed by atoms with Gasteiger partial charge in [-0.3, -0.25) is 19.1 Å². The highest BCUT2D eigenvalue weighted by atomic mass is 32.2. The first-order valence-corrected chi connectivity index (χ1v) is 6.00. The van der Waals surface area contributed by atoms with E-state index in [0.29, 0.717) is 0 Å². The Balaban J connectivity index is 2.89. The maximum atomic E-state index is 11.8. The highest BCUT2D eigenvalue weighted by Crippen LogP contribution is 2.21. The molecular weight excluding hydrogens is 246 g/mol. The maximum absolute atomic E-state index is 11.8. The average Bonchev–Trinajstić information content (AvgIpc) is 2.29. The third kappa shape index (κ3) is 3.72. The van der Waals surface area contributed by atoms with Crippen molar-refractivity contribution in [2.24, 2.45) is 0 Å². The Morgan fingerprint density at radius 2 is 2.12 bits per heavy atom. The number of nitro benzene ring substituents is 1. The van der Waals surface area contributed by atoms with E-state index >= 15 is 0 Å². The molecule has 0 radical (unpaired) electrons. The topological polar surface area (TPSA) is 86.5 Å². The van der Waals surface area contributed by atoms with Crippen molar-refractivity contribution in [3.05, 3.63) is 34.4 Å². The SMILES string of the molecule is COCC(=O)CS(=O)c1ccccc1[N+](=O)[O-]. The van der Waals surface area contributed by atoms with Crippen LogP contribution < -0.4 is 0 Å². The van der Waals surface area contributed by atoms with Crippen molar-refractivity contribution in [1.29, 1.82) is 0 Å². The zero-order valence-corrected chi connectivity index (χ0v) is 9.94. The van der Waals surface area contributed by atoms with Crippen LogP contribution in [0.4, 0.5) is 5.69 Å². The Morgan fingerprint density at radius 3 is 2.71 bits per heavy atom. The minimum absolute atomic E-state index is 0.0574. The van der Waals surface area contributed by atoms with E-state index in [0.717, 1.165) is 0 Å². The third-order valence-electron chi connectivity index (χ3n) is 1.90. The second-order valence-electron chi connectivity index (χ2n) is 3.19. The number of rotatable bonds is 6. The summed E-state index contributed by atoms with van der Waals surface area (Å²) >= 11 is 0. The van der Waals surface area contributed by atoms with Crippen molar-refractivity contribution >= 4 is 22.3 Å². The Labute approximate surface area is 100 Å². The molecule has 0 aliphatic heterocycles. The highest BCUT2D eigenvalue weighted by molar-refractivity contribution is 7.86. The van der Waals surface area contributed by atoms with E-state index in [4.69, 9.17) is 0 Å². The number of para-hydroxylation sites is 1. The largest absolute Gasteiger partial charge is 0.377 e. The summed E-state index contributed by atoms with van der Waals surface area (Å²) in [6.07, 6.45) is 0. The van der Waals surface area contributed by atoms with Gasteiger partial charge in [0.15, 0.2) is 5.78 Å². The molecule has 0 amide bonds.